The molecule has 0 spiro atoms. The van der Waals surface area contributed by atoms with Crippen LogP contribution in [0.1, 0.15) is 22.7 Å². The maximum atomic E-state index is 13.2. The summed E-state index contributed by atoms with van der Waals surface area (Å²) in [4.78, 5) is 41.8. The van der Waals surface area contributed by atoms with Gasteiger partial charge in [0.1, 0.15) is 11.5 Å². The van der Waals surface area contributed by atoms with Crippen molar-refractivity contribution in [1.29, 1.82) is 0 Å². The number of aromatic nitrogens is 1. The Morgan fingerprint density at radius 2 is 1.86 bits per heavy atom. The summed E-state index contributed by atoms with van der Waals surface area (Å²) >= 11 is 0. The molecule has 1 aliphatic heterocycles. The highest BCUT2D eigenvalue weighted by Gasteiger charge is 2.45. The normalized spacial score (nSPS) is 16.9. The van der Waals surface area contributed by atoms with Crippen LogP contribution < -0.4 is 4.74 Å². The molecule has 5 rings (SSSR count). The molecule has 186 valence electrons. The van der Waals surface area contributed by atoms with E-state index >= 15 is 0 Å². The summed E-state index contributed by atoms with van der Waals surface area (Å²) in [6.07, 6.45) is 2.31. The van der Waals surface area contributed by atoms with Crippen molar-refractivity contribution < 1.29 is 24.4 Å². The van der Waals surface area contributed by atoms with Crippen LogP contribution >= 0.6 is 0 Å². The molecule has 1 fully saturated rings. The van der Waals surface area contributed by atoms with Crippen molar-refractivity contribution in [1.82, 2.24) is 9.88 Å². The number of Topliss-reactive ketones (excluding diaryl/α,β-unsaturated/α-hetero) is 1. The van der Waals surface area contributed by atoms with Crippen molar-refractivity contribution in [2.45, 2.75) is 12.5 Å². The second-order valence-electron chi connectivity index (χ2n) is 8.69. The second-order valence-corrected chi connectivity index (χ2v) is 8.69. The van der Waals surface area contributed by atoms with Gasteiger partial charge in [0.2, 0.25) is 0 Å². The number of carbonyl (C=O) groups excluding carboxylic acids is 2. The van der Waals surface area contributed by atoms with Gasteiger partial charge in [-0.15, -0.1) is 0 Å². The number of ether oxygens (including phenoxy) is 1. The van der Waals surface area contributed by atoms with Crippen LogP contribution in [-0.4, -0.2) is 45.3 Å². The molecular weight excluding hydrogens is 474 g/mol. The third-order valence-electron chi connectivity index (χ3n) is 6.58. The minimum Gasteiger partial charge on any atom is -0.507 e. The van der Waals surface area contributed by atoms with Crippen LogP contribution in [0.2, 0.25) is 0 Å². The molecule has 1 atom stereocenters. The van der Waals surface area contributed by atoms with Crippen LogP contribution in [0, 0.1) is 10.1 Å². The number of amides is 1. The zero-order chi connectivity index (χ0) is 26.1. The summed E-state index contributed by atoms with van der Waals surface area (Å²) in [6, 6.07) is 19.1. The number of aliphatic hydroxyl groups is 1. The highest BCUT2D eigenvalue weighted by molar-refractivity contribution is 6.46. The maximum absolute atomic E-state index is 13.2. The molecule has 2 heterocycles. The molecule has 0 aliphatic carbocycles. The van der Waals surface area contributed by atoms with Crippen molar-refractivity contribution in [3.8, 4) is 5.75 Å². The second kappa shape index (κ2) is 9.62. The van der Waals surface area contributed by atoms with E-state index in [0.717, 1.165) is 16.5 Å². The molecule has 1 saturated heterocycles. The molecule has 1 aromatic heterocycles. The van der Waals surface area contributed by atoms with Gasteiger partial charge in [-0.05, 0) is 35.7 Å². The molecule has 0 saturated carbocycles. The van der Waals surface area contributed by atoms with Gasteiger partial charge >= 0.3 is 0 Å². The first-order valence-electron chi connectivity index (χ1n) is 11.6. The van der Waals surface area contributed by atoms with Crippen molar-refractivity contribution in [3.63, 3.8) is 0 Å². The van der Waals surface area contributed by atoms with E-state index in [2.05, 4.69) is 4.98 Å². The summed E-state index contributed by atoms with van der Waals surface area (Å²) < 4.78 is 5.34. The fourth-order valence-electron chi connectivity index (χ4n) is 4.75. The number of ketones is 1. The number of likely N-dealkylation sites (tertiary alicyclic amines) is 1. The van der Waals surface area contributed by atoms with Crippen LogP contribution in [0.5, 0.6) is 5.75 Å². The highest BCUT2D eigenvalue weighted by atomic mass is 16.6. The molecule has 1 unspecified atom stereocenters. The van der Waals surface area contributed by atoms with Crippen LogP contribution in [0.3, 0.4) is 0 Å². The number of non-ortho nitro benzene ring substituents is 1. The molecule has 0 radical (unpaired) electrons. The zero-order valence-electron chi connectivity index (χ0n) is 19.9. The van der Waals surface area contributed by atoms with Gasteiger partial charge < -0.3 is 19.7 Å². The monoisotopic (exact) mass is 497 g/mol. The molecule has 9 heteroatoms. The van der Waals surface area contributed by atoms with E-state index in [9.17, 15) is 24.8 Å². The summed E-state index contributed by atoms with van der Waals surface area (Å²) in [5.41, 5.74) is 2.28. The largest absolute Gasteiger partial charge is 0.507 e. The smallest absolute Gasteiger partial charge is 0.295 e. The van der Waals surface area contributed by atoms with Crippen LogP contribution in [-0.2, 0) is 16.0 Å². The lowest BCUT2D eigenvalue weighted by molar-refractivity contribution is -0.384. The van der Waals surface area contributed by atoms with Crippen LogP contribution in [0.25, 0.3) is 16.7 Å². The zero-order valence-corrected chi connectivity index (χ0v) is 19.9. The fraction of sp³-hybridized carbons (Fsp3) is 0.143. The van der Waals surface area contributed by atoms with Crippen molar-refractivity contribution >= 4 is 34.0 Å². The number of hydrogen-bond acceptors (Lipinski definition) is 6. The Bertz CT molecular complexity index is 1560. The predicted molar refractivity (Wildman–Crippen MR) is 137 cm³/mol. The van der Waals surface area contributed by atoms with Gasteiger partial charge in [-0.25, -0.2) is 0 Å². The lowest BCUT2D eigenvalue weighted by Crippen LogP contribution is -2.31. The first-order valence-corrected chi connectivity index (χ1v) is 11.6. The SMILES string of the molecule is COc1ccc2[nH]cc(CCN3C(=O)C(=O)/C(=C(\O)c4cccc([N+](=O)[O-])c4)C3c3ccccc3)c2c1. The third-order valence-corrected chi connectivity index (χ3v) is 6.58. The maximum Gasteiger partial charge on any atom is 0.295 e. The highest BCUT2D eigenvalue weighted by Crippen LogP contribution is 2.40. The van der Waals surface area contributed by atoms with Gasteiger partial charge in [0.05, 0.1) is 23.6 Å². The number of nitro benzene ring substituents is 1. The van der Waals surface area contributed by atoms with E-state index in [-0.39, 0.29) is 23.4 Å². The molecule has 0 bridgehead atoms. The number of aliphatic hydroxyl groups excluding tert-OH is 1. The molecule has 2 N–H and O–H groups in total. The minimum absolute atomic E-state index is 0.0943. The first kappa shape index (κ1) is 23.8. The van der Waals surface area contributed by atoms with E-state index in [1.807, 2.05) is 30.5 Å². The van der Waals surface area contributed by atoms with E-state index in [4.69, 9.17) is 4.74 Å². The van der Waals surface area contributed by atoms with Gasteiger partial charge in [0.15, 0.2) is 0 Å². The van der Waals surface area contributed by atoms with E-state index < -0.39 is 28.4 Å². The lowest BCUT2D eigenvalue weighted by Gasteiger charge is -2.25. The van der Waals surface area contributed by atoms with Gasteiger partial charge in [0.25, 0.3) is 17.4 Å². The average Bonchev–Trinajstić information content (AvgIpc) is 3.44. The number of methoxy groups -OCH3 is 1. The third kappa shape index (κ3) is 4.31. The number of H-pyrrole nitrogens is 1. The van der Waals surface area contributed by atoms with Gasteiger partial charge in [0, 0.05) is 41.3 Å². The van der Waals surface area contributed by atoms with E-state index in [0.29, 0.717) is 17.7 Å². The molecule has 3 aromatic carbocycles. The Morgan fingerprint density at radius 3 is 2.59 bits per heavy atom. The number of carbonyl (C=O) groups is 2. The number of nitro groups is 1. The summed E-state index contributed by atoms with van der Waals surface area (Å²) in [5.74, 6) is -1.32. The number of hydrogen-bond donors (Lipinski definition) is 2. The topological polar surface area (TPSA) is 126 Å². The fourth-order valence-corrected chi connectivity index (χ4v) is 4.75. The van der Waals surface area contributed by atoms with E-state index in [1.165, 1.54) is 29.2 Å². The standard InChI is InChI=1S/C28H23N3O6/c1-37-21-10-11-23-22(15-21)19(16-29-23)12-13-30-25(17-6-3-2-4-7-17)24(27(33)28(30)34)26(32)18-8-5-9-20(14-18)31(35)36/h2-11,14-16,25,29,32H,12-13H2,1H3/b26-24-. The number of nitrogens with zero attached hydrogens (tertiary/aromatic N) is 2. The molecule has 37 heavy (non-hydrogen) atoms. The Labute approximate surface area is 211 Å². The van der Waals surface area contributed by atoms with Crippen LogP contribution in [0.15, 0.2) is 84.6 Å². The molecule has 4 aromatic rings. The Balaban J connectivity index is 1.55. The Kier molecular flexibility index (Phi) is 6.19. The number of fused-ring (bicyclic) bond motifs is 1. The average molecular weight is 498 g/mol. The quantitative estimate of drug-likeness (QED) is 0.125. The van der Waals surface area contributed by atoms with Crippen molar-refractivity contribution in [2.24, 2.45) is 0 Å². The van der Waals surface area contributed by atoms with Crippen molar-refractivity contribution in [3.05, 3.63) is 111 Å². The lowest BCUT2D eigenvalue weighted by atomic mass is 9.95. The van der Waals surface area contributed by atoms with E-state index in [1.54, 1.807) is 31.4 Å². The number of aromatic amines is 1. The van der Waals surface area contributed by atoms with Gasteiger partial charge in [-0.1, -0.05) is 42.5 Å². The summed E-state index contributed by atoms with van der Waals surface area (Å²) in [7, 11) is 1.59. The number of nitrogens with one attached hydrogen (secondary N) is 1. The minimum atomic E-state index is -0.847. The summed E-state index contributed by atoms with van der Waals surface area (Å²) in [6.45, 7) is 0.208. The number of rotatable bonds is 7. The summed E-state index contributed by atoms with van der Waals surface area (Å²) in [5, 5.41) is 23.4. The Morgan fingerprint density at radius 1 is 1.08 bits per heavy atom. The molecule has 9 nitrogen and oxygen atoms in total. The predicted octanol–water partition coefficient (Wildman–Crippen LogP) is 4.75. The number of benzene rings is 3. The van der Waals surface area contributed by atoms with Gasteiger partial charge in [-0.2, -0.15) is 0 Å². The first-order chi connectivity index (χ1) is 17.9. The van der Waals surface area contributed by atoms with Crippen LogP contribution in [0.4, 0.5) is 5.69 Å². The Hall–Kier alpha value is -4.92. The van der Waals surface area contributed by atoms with Gasteiger partial charge in [-0.3, -0.25) is 19.7 Å². The molecular formula is C28H23N3O6. The van der Waals surface area contributed by atoms with Crippen molar-refractivity contribution in [2.75, 3.05) is 13.7 Å². The molecule has 1 aliphatic rings. The molecule has 1 amide bonds.